The molecule has 2 unspecified atom stereocenters. The van der Waals surface area contributed by atoms with Crippen molar-refractivity contribution >= 4 is 27.4 Å². The Morgan fingerprint density at radius 3 is 3.11 bits per heavy atom. The van der Waals surface area contributed by atoms with Crippen molar-refractivity contribution in [3.05, 3.63) is 17.3 Å². The van der Waals surface area contributed by atoms with Crippen molar-refractivity contribution < 1.29 is 0 Å². The molecule has 3 N–H and O–H groups in total. The fraction of sp³-hybridized carbons (Fsp3) is 0.538. The molecule has 0 spiro atoms. The van der Waals surface area contributed by atoms with Gasteiger partial charge in [-0.25, -0.2) is 9.97 Å². The first kappa shape index (κ1) is 11.9. The van der Waals surface area contributed by atoms with Crippen molar-refractivity contribution in [3.63, 3.8) is 0 Å². The van der Waals surface area contributed by atoms with Gasteiger partial charge in [0, 0.05) is 17.5 Å². The van der Waals surface area contributed by atoms with E-state index in [1.54, 1.807) is 17.7 Å². The molecule has 0 radical (unpaired) electrons. The quantitative estimate of drug-likeness (QED) is 0.892. The Hall–Kier alpha value is -1.20. The molecule has 2 heterocycles. The molecular weight excluding hydrogens is 244 g/mol. The molecule has 1 aliphatic carbocycles. The van der Waals surface area contributed by atoms with Gasteiger partial charge in [-0.15, -0.1) is 11.3 Å². The molecule has 0 amide bonds. The summed E-state index contributed by atoms with van der Waals surface area (Å²) in [6, 6.07) is 2.55. The van der Waals surface area contributed by atoms with Crippen LogP contribution in [0.4, 0.5) is 5.82 Å². The molecule has 1 fully saturated rings. The summed E-state index contributed by atoms with van der Waals surface area (Å²) >= 11 is 1.71. The van der Waals surface area contributed by atoms with Crippen molar-refractivity contribution in [2.45, 2.75) is 32.2 Å². The van der Waals surface area contributed by atoms with Gasteiger partial charge < -0.3 is 11.1 Å². The van der Waals surface area contributed by atoms with E-state index in [4.69, 9.17) is 5.73 Å². The smallest absolute Gasteiger partial charge is 0.138 e. The lowest BCUT2D eigenvalue weighted by molar-refractivity contribution is 0.565. The highest BCUT2D eigenvalue weighted by molar-refractivity contribution is 7.18. The number of anilines is 1. The third-order valence-electron chi connectivity index (χ3n) is 3.59. The third-order valence-corrected chi connectivity index (χ3v) is 4.55. The molecule has 1 saturated carbocycles. The minimum atomic E-state index is 0.394. The lowest BCUT2D eigenvalue weighted by Crippen LogP contribution is -2.18. The highest BCUT2D eigenvalue weighted by Crippen LogP contribution is 2.29. The number of hydrogen-bond donors (Lipinski definition) is 2. The second-order valence-electron chi connectivity index (χ2n) is 5.12. The fourth-order valence-electron chi connectivity index (χ4n) is 2.66. The molecule has 2 aromatic rings. The maximum absolute atomic E-state index is 5.94. The number of nitrogens with zero attached hydrogens (tertiary/aromatic N) is 2. The van der Waals surface area contributed by atoms with Gasteiger partial charge in [-0.3, -0.25) is 0 Å². The largest absolute Gasteiger partial charge is 0.369 e. The molecule has 0 aliphatic heterocycles. The van der Waals surface area contributed by atoms with E-state index in [0.29, 0.717) is 12.0 Å². The van der Waals surface area contributed by atoms with Crippen LogP contribution in [0.2, 0.25) is 0 Å². The number of hydrogen-bond acceptors (Lipinski definition) is 5. The Kier molecular flexibility index (Phi) is 3.18. The van der Waals surface area contributed by atoms with Gasteiger partial charge in [0.2, 0.25) is 0 Å². The molecule has 18 heavy (non-hydrogen) atoms. The number of fused-ring (bicyclic) bond motifs is 1. The van der Waals surface area contributed by atoms with Crippen LogP contribution >= 0.6 is 11.3 Å². The average molecular weight is 262 g/mol. The van der Waals surface area contributed by atoms with Crippen molar-refractivity contribution in [2.75, 3.05) is 11.9 Å². The van der Waals surface area contributed by atoms with Crippen LogP contribution in [0.1, 0.15) is 24.1 Å². The standard InChI is InChI=1S/C13H18N4S/c1-8-4-11-12(16-7-17-13(11)18-8)15-6-9-2-3-10(14)5-9/h4,7,9-10H,2-3,5-6,14H2,1H3,(H,15,16,17). The van der Waals surface area contributed by atoms with E-state index in [-0.39, 0.29) is 0 Å². The minimum absolute atomic E-state index is 0.394. The monoisotopic (exact) mass is 262 g/mol. The Balaban J connectivity index is 1.74. The first-order valence-electron chi connectivity index (χ1n) is 6.43. The molecule has 4 nitrogen and oxygen atoms in total. The summed E-state index contributed by atoms with van der Waals surface area (Å²) in [6.45, 7) is 3.07. The van der Waals surface area contributed by atoms with Gasteiger partial charge in [0.25, 0.3) is 0 Å². The summed E-state index contributed by atoms with van der Waals surface area (Å²) < 4.78 is 0. The van der Waals surface area contributed by atoms with Crippen LogP contribution in [0, 0.1) is 12.8 Å². The predicted octanol–water partition coefficient (Wildman–Crippen LogP) is 2.54. The number of aromatic nitrogens is 2. The first-order valence-corrected chi connectivity index (χ1v) is 7.24. The second kappa shape index (κ2) is 4.82. The highest BCUT2D eigenvalue weighted by atomic mass is 32.1. The Labute approximate surface area is 111 Å². The van der Waals surface area contributed by atoms with Crippen LogP contribution < -0.4 is 11.1 Å². The molecule has 0 saturated heterocycles. The van der Waals surface area contributed by atoms with Gasteiger partial charge in [0.1, 0.15) is 17.0 Å². The van der Waals surface area contributed by atoms with Gasteiger partial charge in [0.15, 0.2) is 0 Å². The minimum Gasteiger partial charge on any atom is -0.369 e. The average Bonchev–Trinajstić information content (AvgIpc) is 2.91. The second-order valence-corrected chi connectivity index (χ2v) is 6.35. The maximum atomic E-state index is 5.94. The summed E-state index contributed by atoms with van der Waals surface area (Å²) in [5.41, 5.74) is 5.94. The molecule has 2 aromatic heterocycles. The van der Waals surface area contributed by atoms with Gasteiger partial charge >= 0.3 is 0 Å². The van der Waals surface area contributed by atoms with Gasteiger partial charge in [-0.1, -0.05) is 0 Å². The highest BCUT2D eigenvalue weighted by Gasteiger charge is 2.21. The molecule has 2 atom stereocenters. The lowest BCUT2D eigenvalue weighted by Gasteiger charge is -2.11. The zero-order chi connectivity index (χ0) is 12.5. The Morgan fingerprint density at radius 2 is 2.33 bits per heavy atom. The Morgan fingerprint density at radius 1 is 1.44 bits per heavy atom. The van der Waals surface area contributed by atoms with Crippen molar-refractivity contribution in [3.8, 4) is 0 Å². The fourth-order valence-corrected chi connectivity index (χ4v) is 3.50. The van der Waals surface area contributed by atoms with Crippen molar-refractivity contribution in [1.29, 1.82) is 0 Å². The van der Waals surface area contributed by atoms with Gasteiger partial charge in [-0.2, -0.15) is 0 Å². The summed E-state index contributed by atoms with van der Waals surface area (Å²) in [7, 11) is 0. The normalized spacial score (nSPS) is 23.7. The van der Waals surface area contributed by atoms with E-state index in [1.807, 2.05) is 0 Å². The van der Waals surface area contributed by atoms with Crippen LogP contribution in [0.5, 0.6) is 0 Å². The molecule has 1 aliphatic rings. The lowest BCUT2D eigenvalue weighted by atomic mass is 10.1. The molecule has 96 valence electrons. The number of rotatable bonds is 3. The molecule has 5 heteroatoms. The summed E-state index contributed by atoms with van der Waals surface area (Å²) in [5, 5.41) is 4.60. The zero-order valence-corrected chi connectivity index (χ0v) is 11.3. The summed E-state index contributed by atoms with van der Waals surface area (Å²) in [4.78, 5) is 11.0. The van der Waals surface area contributed by atoms with E-state index < -0.39 is 0 Å². The van der Waals surface area contributed by atoms with E-state index >= 15 is 0 Å². The number of nitrogens with two attached hydrogens (primary N) is 1. The first-order chi connectivity index (χ1) is 8.72. The van der Waals surface area contributed by atoms with Crippen LogP contribution in [0.15, 0.2) is 12.4 Å². The van der Waals surface area contributed by atoms with E-state index in [1.165, 1.54) is 11.3 Å². The molecular formula is C13H18N4S. The van der Waals surface area contributed by atoms with Crippen LogP contribution in [-0.2, 0) is 0 Å². The third kappa shape index (κ3) is 2.33. The zero-order valence-electron chi connectivity index (χ0n) is 10.5. The Bertz CT molecular complexity index is 551. The van der Waals surface area contributed by atoms with Crippen molar-refractivity contribution in [1.82, 2.24) is 9.97 Å². The van der Waals surface area contributed by atoms with Crippen LogP contribution in [-0.4, -0.2) is 22.6 Å². The van der Waals surface area contributed by atoms with Crippen molar-refractivity contribution in [2.24, 2.45) is 11.7 Å². The van der Waals surface area contributed by atoms with E-state index in [2.05, 4.69) is 28.3 Å². The number of thiophene rings is 1. The van der Waals surface area contributed by atoms with E-state index in [9.17, 15) is 0 Å². The molecule has 3 rings (SSSR count). The maximum Gasteiger partial charge on any atom is 0.138 e. The number of nitrogens with one attached hydrogen (secondary N) is 1. The SMILES string of the molecule is Cc1cc2c(NCC3CCC(N)C3)ncnc2s1. The predicted molar refractivity (Wildman–Crippen MR) is 76.0 cm³/mol. The topological polar surface area (TPSA) is 63.8 Å². The molecule has 0 bridgehead atoms. The molecule has 0 aromatic carbocycles. The van der Waals surface area contributed by atoms with E-state index in [0.717, 1.165) is 35.4 Å². The van der Waals surface area contributed by atoms with Crippen LogP contribution in [0.25, 0.3) is 10.2 Å². The summed E-state index contributed by atoms with van der Waals surface area (Å²) in [5.74, 6) is 1.65. The van der Waals surface area contributed by atoms with Gasteiger partial charge in [0.05, 0.1) is 5.39 Å². The van der Waals surface area contributed by atoms with Gasteiger partial charge in [-0.05, 0) is 38.2 Å². The summed E-state index contributed by atoms with van der Waals surface area (Å²) in [6.07, 6.45) is 5.15. The van der Waals surface area contributed by atoms with Crippen LogP contribution in [0.3, 0.4) is 0 Å². The number of aryl methyl sites for hydroxylation is 1.